The molecule has 0 saturated heterocycles. The molecule has 0 fully saturated rings. The number of para-hydroxylation sites is 2. The first-order valence-electron chi connectivity index (χ1n) is 7.96. The molecule has 0 spiro atoms. The minimum absolute atomic E-state index is 0.115. The highest BCUT2D eigenvalue weighted by molar-refractivity contribution is 6.06. The summed E-state index contributed by atoms with van der Waals surface area (Å²) in [7, 11) is 0. The zero-order valence-corrected chi connectivity index (χ0v) is 14.1. The summed E-state index contributed by atoms with van der Waals surface area (Å²) in [6.45, 7) is 1.26. The number of rotatable bonds is 4. The second kappa shape index (κ2) is 7.18. The molecule has 1 aliphatic heterocycles. The van der Waals surface area contributed by atoms with Crippen molar-refractivity contribution >= 4 is 23.2 Å². The van der Waals surface area contributed by atoms with Gasteiger partial charge in [-0.3, -0.25) is 14.5 Å². The third kappa shape index (κ3) is 4.49. The third-order valence-corrected chi connectivity index (χ3v) is 3.73. The molecule has 3 rings (SSSR count). The van der Waals surface area contributed by atoms with Gasteiger partial charge in [0.15, 0.2) is 6.10 Å². The van der Waals surface area contributed by atoms with Gasteiger partial charge in [0.05, 0.1) is 5.69 Å². The van der Waals surface area contributed by atoms with Crippen LogP contribution in [0.2, 0.25) is 0 Å². The maximum atomic E-state index is 12.4. The summed E-state index contributed by atoms with van der Waals surface area (Å²) in [6.07, 6.45) is -5.58. The van der Waals surface area contributed by atoms with Crippen molar-refractivity contribution in [3.8, 4) is 11.5 Å². The number of benzene rings is 2. The Balaban J connectivity index is 1.73. The molecule has 6 nitrogen and oxygen atoms in total. The van der Waals surface area contributed by atoms with E-state index in [4.69, 9.17) is 4.74 Å². The molecule has 27 heavy (non-hydrogen) atoms. The lowest BCUT2D eigenvalue weighted by Gasteiger charge is -2.32. The van der Waals surface area contributed by atoms with E-state index in [9.17, 15) is 22.8 Å². The number of carbonyl (C=O) groups is 2. The maximum Gasteiger partial charge on any atom is 0.573 e. The lowest BCUT2D eigenvalue weighted by Crippen LogP contribution is -2.47. The van der Waals surface area contributed by atoms with Gasteiger partial charge in [-0.25, -0.2) is 0 Å². The highest BCUT2D eigenvalue weighted by Gasteiger charge is 2.33. The molecular weight excluding hydrogens is 365 g/mol. The number of fused-ring (bicyclic) bond motifs is 1. The molecule has 0 bridgehead atoms. The Morgan fingerprint density at radius 3 is 2.70 bits per heavy atom. The first-order chi connectivity index (χ1) is 12.7. The Kier molecular flexibility index (Phi) is 4.93. The van der Waals surface area contributed by atoms with Crippen molar-refractivity contribution in [2.45, 2.75) is 19.4 Å². The molecule has 1 atom stereocenters. The van der Waals surface area contributed by atoms with E-state index in [1.807, 2.05) is 0 Å². The minimum atomic E-state index is -4.83. The summed E-state index contributed by atoms with van der Waals surface area (Å²) in [4.78, 5) is 26.0. The van der Waals surface area contributed by atoms with Crippen LogP contribution in [-0.4, -0.2) is 30.8 Å². The highest BCUT2D eigenvalue weighted by atomic mass is 19.4. The molecule has 1 N–H and O–H groups in total. The lowest BCUT2D eigenvalue weighted by molar-refractivity contribution is -0.274. The average molecular weight is 380 g/mol. The quantitative estimate of drug-likeness (QED) is 0.884. The van der Waals surface area contributed by atoms with Crippen LogP contribution in [0.5, 0.6) is 11.5 Å². The zero-order chi connectivity index (χ0) is 19.6. The fraction of sp³-hybridized carbons (Fsp3) is 0.222. The monoisotopic (exact) mass is 380 g/mol. The molecular formula is C18H15F3N2O4. The van der Waals surface area contributed by atoms with E-state index in [2.05, 4.69) is 10.1 Å². The number of hydrogen-bond donors (Lipinski definition) is 1. The highest BCUT2D eigenvalue weighted by Crippen LogP contribution is 2.33. The number of carbonyl (C=O) groups excluding carboxylic acids is 2. The molecule has 2 aromatic carbocycles. The first-order valence-corrected chi connectivity index (χ1v) is 7.96. The van der Waals surface area contributed by atoms with Crippen LogP contribution >= 0.6 is 0 Å². The van der Waals surface area contributed by atoms with Crippen LogP contribution < -0.4 is 19.7 Å². The van der Waals surface area contributed by atoms with Crippen molar-refractivity contribution in [1.82, 2.24) is 0 Å². The first kappa shape index (κ1) is 18.6. The Morgan fingerprint density at radius 1 is 1.22 bits per heavy atom. The van der Waals surface area contributed by atoms with Crippen LogP contribution in [0.15, 0.2) is 48.5 Å². The minimum Gasteiger partial charge on any atom is -0.479 e. The Bertz CT molecular complexity index is 870. The largest absolute Gasteiger partial charge is 0.573 e. The molecule has 2 aromatic rings. The molecule has 0 aliphatic carbocycles. The van der Waals surface area contributed by atoms with E-state index in [0.717, 1.165) is 12.1 Å². The van der Waals surface area contributed by atoms with Crippen LogP contribution in [0, 0.1) is 0 Å². The van der Waals surface area contributed by atoms with Crippen molar-refractivity contribution in [2.24, 2.45) is 0 Å². The topological polar surface area (TPSA) is 67.9 Å². The van der Waals surface area contributed by atoms with Gasteiger partial charge in [0.25, 0.3) is 5.91 Å². The fourth-order valence-electron chi connectivity index (χ4n) is 2.64. The molecule has 2 amide bonds. The number of anilines is 2. The molecule has 1 heterocycles. The smallest absolute Gasteiger partial charge is 0.479 e. The summed E-state index contributed by atoms with van der Waals surface area (Å²) in [5, 5.41) is 2.46. The SMILES string of the molecule is CC1Oc2ccccc2N(CC(=O)Nc2cccc(OC(F)(F)F)c2)C1=O. The molecule has 0 saturated carbocycles. The zero-order valence-electron chi connectivity index (χ0n) is 14.1. The molecule has 142 valence electrons. The van der Waals surface area contributed by atoms with Crippen LogP contribution in [0.3, 0.4) is 0 Å². The predicted octanol–water partition coefficient (Wildman–Crippen LogP) is 3.34. The normalized spacial score (nSPS) is 16.4. The van der Waals surface area contributed by atoms with Gasteiger partial charge in [-0.2, -0.15) is 0 Å². The van der Waals surface area contributed by atoms with Crippen molar-refractivity contribution in [3.63, 3.8) is 0 Å². The van der Waals surface area contributed by atoms with E-state index in [0.29, 0.717) is 11.4 Å². The molecule has 1 aliphatic rings. The maximum absolute atomic E-state index is 12.4. The fourth-order valence-corrected chi connectivity index (χ4v) is 2.64. The van der Waals surface area contributed by atoms with Gasteiger partial charge in [0.2, 0.25) is 5.91 Å². The van der Waals surface area contributed by atoms with Crippen molar-refractivity contribution in [2.75, 3.05) is 16.8 Å². The van der Waals surface area contributed by atoms with Crippen molar-refractivity contribution in [1.29, 1.82) is 0 Å². The molecule has 1 unspecified atom stereocenters. The number of hydrogen-bond acceptors (Lipinski definition) is 4. The number of nitrogens with one attached hydrogen (secondary N) is 1. The molecule has 0 aromatic heterocycles. The van der Waals surface area contributed by atoms with Crippen LogP contribution in [0.4, 0.5) is 24.5 Å². The summed E-state index contributed by atoms with van der Waals surface area (Å²) >= 11 is 0. The number of alkyl halides is 3. The van der Waals surface area contributed by atoms with Gasteiger partial charge in [0.1, 0.15) is 18.0 Å². The Labute approximate surface area is 152 Å². The Morgan fingerprint density at radius 2 is 1.96 bits per heavy atom. The van der Waals surface area contributed by atoms with Crippen molar-refractivity contribution in [3.05, 3.63) is 48.5 Å². The van der Waals surface area contributed by atoms with Gasteiger partial charge < -0.3 is 14.8 Å². The number of ether oxygens (including phenoxy) is 2. The van der Waals surface area contributed by atoms with E-state index in [1.54, 1.807) is 31.2 Å². The number of amides is 2. The second-order valence-corrected chi connectivity index (χ2v) is 5.78. The van der Waals surface area contributed by atoms with E-state index < -0.39 is 30.0 Å². The van der Waals surface area contributed by atoms with E-state index in [-0.39, 0.29) is 12.2 Å². The number of nitrogens with zero attached hydrogens (tertiary/aromatic N) is 1. The van der Waals surface area contributed by atoms with E-state index in [1.165, 1.54) is 17.0 Å². The van der Waals surface area contributed by atoms with Gasteiger partial charge in [-0.05, 0) is 31.2 Å². The van der Waals surface area contributed by atoms with Gasteiger partial charge in [-0.1, -0.05) is 18.2 Å². The summed E-state index contributed by atoms with van der Waals surface area (Å²) < 4.78 is 46.2. The van der Waals surface area contributed by atoms with Crippen LogP contribution in [-0.2, 0) is 9.59 Å². The second-order valence-electron chi connectivity index (χ2n) is 5.78. The Hall–Kier alpha value is -3.23. The summed E-state index contributed by atoms with van der Waals surface area (Å²) in [6, 6.07) is 11.7. The predicted molar refractivity (Wildman–Crippen MR) is 90.6 cm³/mol. The molecule has 9 heteroatoms. The standard InChI is InChI=1S/C18H15F3N2O4/c1-11-17(25)23(14-7-2-3-8-15(14)26-11)10-16(24)22-12-5-4-6-13(9-12)27-18(19,20)21/h2-9,11H,10H2,1H3,(H,22,24). The summed E-state index contributed by atoms with van der Waals surface area (Å²) in [5.74, 6) is -0.950. The van der Waals surface area contributed by atoms with Crippen LogP contribution in [0.1, 0.15) is 6.92 Å². The summed E-state index contributed by atoms with van der Waals surface area (Å²) in [5.41, 5.74) is 0.564. The average Bonchev–Trinajstić information content (AvgIpc) is 2.57. The van der Waals surface area contributed by atoms with Crippen molar-refractivity contribution < 1.29 is 32.2 Å². The van der Waals surface area contributed by atoms with Gasteiger partial charge in [-0.15, -0.1) is 13.2 Å². The van der Waals surface area contributed by atoms with E-state index >= 15 is 0 Å². The number of halogens is 3. The third-order valence-electron chi connectivity index (χ3n) is 3.73. The van der Waals surface area contributed by atoms with Gasteiger partial charge in [0, 0.05) is 11.8 Å². The van der Waals surface area contributed by atoms with Crippen LogP contribution in [0.25, 0.3) is 0 Å². The molecule has 0 radical (unpaired) electrons. The lowest BCUT2D eigenvalue weighted by atomic mass is 10.2. The van der Waals surface area contributed by atoms with Gasteiger partial charge >= 0.3 is 6.36 Å².